The van der Waals surface area contributed by atoms with E-state index in [1.165, 1.54) is 3.97 Å². The van der Waals surface area contributed by atoms with Gasteiger partial charge in [0.05, 0.1) is 10.6 Å². The van der Waals surface area contributed by atoms with Crippen molar-refractivity contribution in [2.75, 3.05) is 0 Å². The molecule has 0 spiro atoms. The van der Waals surface area contributed by atoms with Crippen LogP contribution in [0, 0.1) is 6.92 Å². The van der Waals surface area contributed by atoms with Gasteiger partial charge in [0.15, 0.2) is 5.65 Å². The molecule has 0 atom stereocenters. The first-order chi connectivity index (χ1) is 16.9. The van der Waals surface area contributed by atoms with Gasteiger partial charge in [-0.3, -0.25) is 4.98 Å². The summed E-state index contributed by atoms with van der Waals surface area (Å²) in [5.74, 6) is 0. The molecule has 0 amide bonds. The molecule has 0 unspecified atom stereocenters. The molecule has 0 N–H and O–H groups in total. The second-order valence-electron chi connectivity index (χ2n) is 8.65. The summed E-state index contributed by atoms with van der Waals surface area (Å²) >= 11 is 0. The number of rotatable bonds is 4. The minimum Gasteiger partial charge on any atom is -0.350 e. The molecule has 4 aromatic heterocycles. The lowest BCUT2D eigenvalue weighted by Crippen LogP contribution is -2.14. The first-order valence-electron chi connectivity index (χ1n) is 11.2. The lowest BCUT2D eigenvalue weighted by Gasteiger charge is -2.12. The lowest BCUT2D eigenvalue weighted by molar-refractivity contribution is 0.589. The van der Waals surface area contributed by atoms with Gasteiger partial charge in [0.2, 0.25) is 0 Å². The molecule has 0 radical (unpaired) electrons. The molecule has 35 heavy (non-hydrogen) atoms. The Labute approximate surface area is 203 Å². The van der Waals surface area contributed by atoms with Crippen LogP contribution in [0.15, 0.2) is 102 Å². The molecule has 0 aliphatic heterocycles. The molecule has 172 valence electrons. The van der Waals surface area contributed by atoms with Gasteiger partial charge in [-0.25, -0.2) is 17.4 Å². The summed E-state index contributed by atoms with van der Waals surface area (Å²) in [4.78, 5) is 8.80. The van der Waals surface area contributed by atoms with Gasteiger partial charge in [0.1, 0.15) is 0 Å². The Morgan fingerprint density at radius 2 is 1.60 bits per heavy atom. The highest BCUT2D eigenvalue weighted by Gasteiger charge is 2.26. The highest BCUT2D eigenvalue weighted by Crippen LogP contribution is 2.37. The third kappa shape index (κ3) is 3.43. The van der Waals surface area contributed by atoms with Crippen molar-refractivity contribution >= 4 is 32.0 Å². The fraction of sp³-hybridized carbons (Fsp3) is 0.0714. The highest BCUT2D eigenvalue weighted by molar-refractivity contribution is 7.90. The fourth-order valence-electron chi connectivity index (χ4n) is 4.58. The normalized spacial score (nSPS) is 11.9. The molecule has 0 aliphatic carbocycles. The lowest BCUT2D eigenvalue weighted by atomic mass is 10.0. The Morgan fingerprint density at radius 1 is 0.829 bits per heavy atom. The monoisotopic (exact) mass is 478 g/mol. The van der Waals surface area contributed by atoms with E-state index in [1.54, 1.807) is 30.7 Å². The molecule has 4 heterocycles. The van der Waals surface area contributed by atoms with Crippen LogP contribution in [0.1, 0.15) is 5.56 Å². The highest BCUT2D eigenvalue weighted by atomic mass is 32.2. The Balaban J connectivity index is 1.65. The largest absolute Gasteiger partial charge is 0.350 e. The van der Waals surface area contributed by atoms with Crippen molar-refractivity contribution in [2.24, 2.45) is 7.05 Å². The summed E-state index contributed by atoms with van der Waals surface area (Å²) in [7, 11) is -1.93. The van der Waals surface area contributed by atoms with E-state index in [9.17, 15) is 8.42 Å². The first kappa shape index (κ1) is 21.3. The van der Waals surface area contributed by atoms with Crippen LogP contribution in [0.25, 0.3) is 44.3 Å². The van der Waals surface area contributed by atoms with Gasteiger partial charge in [-0.2, -0.15) is 0 Å². The SMILES string of the molecule is Cc1ccc(S(=O)(=O)n2c(-c3cn(C)c4ccc(-c5ccncc5)cc34)cc3cccnc32)cc1. The molecule has 6 nitrogen and oxygen atoms in total. The second kappa shape index (κ2) is 7.92. The van der Waals surface area contributed by atoms with Crippen molar-refractivity contribution in [2.45, 2.75) is 11.8 Å². The quantitative estimate of drug-likeness (QED) is 0.321. The van der Waals surface area contributed by atoms with Crippen LogP contribution in [-0.2, 0) is 17.1 Å². The van der Waals surface area contributed by atoms with Crippen molar-refractivity contribution in [3.63, 3.8) is 0 Å². The Morgan fingerprint density at radius 3 is 2.37 bits per heavy atom. The topological polar surface area (TPSA) is 69.8 Å². The molecular formula is C28H22N4O2S. The molecule has 0 fully saturated rings. The maximum absolute atomic E-state index is 14.0. The van der Waals surface area contributed by atoms with E-state index < -0.39 is 10.0 Å². The van der Waals surface area contributed by atoms with Crippen LogP contribution < -0.4 is 0 Å². The van der Waals surface area contributed by atoms with Gasteiger partial charge in [0.25, 0.3) is 10.0 Å². The van der Waals surface area contributed by atoms with Crippen LogP contribution in [0.5, 0.6) is 0 Å². The van der Waals surface area contributed by atoms with Crippen molar-refractivity contribution < 1.29 is 8.42 Å². The predicted molar refractivity (Wildman–Crippen MR) is 139 cm³/mol. The summed E-state index contributed by atoms with van der Waals surface area (Å²) in [6, 6.07) is 22.7. The van der Waals surface area contributed by atoms with Crippen molar-refractivity contribution in [1.82, 2.24) is 18.5 Å². The van der Waals surface area contributed by atoms with Gasteiger partial charge in [-0.15, -0.1) is 0 Å². The van der Waals surface area contributed by atoms with Gasteiger partial charge in [-0.1, -0.05) is 23.8 Å². The summed E-state index contributed by atoms with van der Waals surface area (Å²) < 4.78 is 31.3. The van der Waals surface area contributed by atoms with Crippen LogP contribution in [0.4, 0.5) is 0 Å². The van der Waals surface area contributed by atoms with E-state index in [-0.39, 0.29) is 4.90 Å². The number of hydrogen-bond donors (Lipinski definition) is 0. The van der Waals surface area contributed by atoms with Crippen molar-refractivity contribution in [1.29, 1.82) is 0 Å². The zero-order valence-corrected chi connectivity index (χ0v) is 20.1. The molecule has 6 aromatic rings. The van der Waals surface area contributed by atoms with Crippen molar-refractivity contribution in [3.05, 3.63) is 103 Å². The average molecular weight is 479 g/mol. The number of aryl methyl sites for hydroxylation is 2. The molecular weight excluding hydrogens is 456 g/mol. The van der Waals surface area contributed by atoms with E-state index in [4.69, 9.17) is 0 Å². The predicted octanol–water partition coefficient (Wildman–Crippen LogP) is 5.80. The average Bonchev–Trinajstić information content (AvgIpc) is 3.43. The van der Waals surface area contributed by atoms with Gasteiger partial charge in [-0.05, 0) is 72.6 Å². The van der Waals surface area contributed by atoms with Gasteiger partial charge in [0, 0.05) is 53.7 Å². The van der Waals surface area contributed by atoms with Gasteiger partial charge >= 0.3 is 0 Å². The molecule has 0 aliphatic rings. The Bertz CT molecular complexity index is 1820. The Hall–Kier alpha value is -4.23. The van der Waals surface area contributed by atoms with Crippen LogP contribution in [-0.4, -0.2) is 26.9 Å². The number of pyridine rings is 2. The molecule has 7 heteroatoms. The van der Waals surface area contributed by atoms with Crippen LogP contribution in [0.2, 0.25) is 0 Å². The Kier molecular flexibility index (Phi) is 4.82. The number of aromatic nitrogens is 4. The summed E-state index contributed by atoms with van der Waals surface area (Å²) in [5, 5.41) is 1.73. The van der Waals surface area contributed by atoms with Crippen molar-refractivity contribution in [3.8, 4) is 22.4 Å². The van der Waals surface area contributed by atoms with Crippen LogP contribution in [0.3, 0.4) is 0 Å². The molecule has 0 bridgehead atoms. The zero-order valence-electron chi connectivity index (χ0n) is 19.3. The number of nitrogens with zero attached hydrogens (tertiary/aromatic N) is 4. The minimum absolute atomic E-state index is 0.227. The second-order valence-corrected chi connectivity index (χ2v) is 10.4. The smallest absolute Gasteiger partial charge is 0.269 e. The third-order valence-electron chi connectivity index (χ3n) is 6.36. The summed E-state index contributed by atoms with van der Waals surface area (Å²) in [5.41, 5.74) is 5.91. The van der Waals surface area contributed by atoms with E-state index in [2.05, 4.69) is 28.2 Å². The van der Waals surface area contributed by atoms with Crippen LogP contribution >= 0.6 is 0 Å². The number of benzene rings is 2. The zero-order chi connectivity index (χ0) is 24.2. The molecule has 6 rings (SSSR count). The summed E-state index contributed by atoms with van der Waals surface area (Å²) in [6.07, 6.45) is 7.14. The molecule has 0 saturated heterocycles. The van der Waals surface area contributed by atoms with E-state index in [0.29, 0.717) is 11.3 Å². The fourth-order valence-corrected chi connectivity index (χ4v) is 6.06. The summed E-state index contributed by atoms with van der Waals surface area (Å²) in [6.45, 7) is 1.94. The minimum atomic E-state index is -3.90. The van der Waals surface area contributed by atoms with E-state index >= 15 is 0 Å². The molecule has 2 aromatic carbocycles. The maximum atomic E-state index is 14.0. The number of fused-ring (bicyclic) bond motifs is 2. The van der Waals surface area contributed by atoms with E-state index in [1.807, 2.05) is 67.2 Å². The first-order valence-corrected chi connectivity index (χ1v) is 12.7. The maximum Gasteiger partial charge on any atom is 0.269 e. The third-order valence-corrected chi connectivity index (χ3v) is 8.08. The standard InChI is InChI=1S/C28H22N4O2S/c1-19-5-8-23(9-6-19)35(33,34)32-27(17-22-4-3-13-30-28(22)32)25-18-31(2)26-10-7-21(16-24(25)26)20-11-14-29-15-12-20/h3-18H,1-2H3. The van der Waals surface area contributed by atoms with Gasteiger partial charge < -0.3 is 4.57 Å². The van der Waals surface area contributed by atoms with E-state index in [0.717, 1.165) is 38.5 Å². The molecule has 0 saturated carbocycles. The number of hydrogen-bond acceptors (Lipinski definition) is 4.